The lowest BCUT2D eigenvalue weighted by Gasteiger charge is -2.25. The summed E-state index contributed by atoms with van der Waals surface area (Å²) in [6, 6.07) is 14.6. The van der Waals surface area contributed by atoms with Crippen molar-refractivity contribution in [2.45, 2.75) is 38.8 Å². The first-order valence-electron chi connectivity index (χ1n) is 12.1. The molecule has 0 saturated carbocycles. The number of rotatable bonds is 6. The molecule has 3 aromatic rings. The van der Waals surface area contributed by atoms with Crippen LogP contribution >= 0.6 is 0 Å². The number of aliphatic hydroxyl groups excluding tert-OH is 1. The van der Waals surface area contributed by atoms with Crippen molar-refractivity contribution in [3.8, 4) is 5.75 Å². The molecule has 0 aliphatic carbocycles. The summed E-state index contributed by atoms with van der Waals surface area (Å²) in [5.74, 6) is -1.37. The van der Waals surface area contributed by atoms with E-state index in [-0.39, 0.29) is 29.8 Å². The van der Waals surface area contributed by atoms with E-state index in [2.05, 4.69) is 4.98 Å². The molecule has 188 valence electrons. The van der Waals surface area contributed by atoms with Crippen molar-refractivity contribution in [2.24, 2.45) is 0 Å². The highest BCUT2D eigenvalue weighted by Crippen LogP contribution is 2.42. The second-order valence-corrected chi connectivity index (χ2v) is 9.05. The number of nitrogens with zero attached hydrogens (tertiary/aromatic N) is 2. The lowest BCUT2D eigenvalue weighted by Crippen LogP contribution is -2.29. The first-order chi connectivity index (χ1) is 17.9. The molecule has 2 aliphatic rings. The highest BCUT2D eigenvalue weighted by Gasteiger charge is 2.47. The third-order valence-corrected chi connectivity index (χ3v) is 6.50. The van der Waals surface area contributed by atoms with Gasteiger partial charge in [0.25, 0.3) is 11.7 Å². The van der Waals surface area contributed by atoms with Gasteiger partial charge in [-0.05, 0) is 73.0 Å². The van der Waals surface area contributed by atoms with Crippen molar-refractivity contribution in [3.63, 3.8) is 0 Å². The van der Waals surface area contributed by atoms with Gasteiger partial charge in [0, 0.05) is 30.1 Å². The van der Waals surface area contributed by atoms with Crippen LogP contribution in [0.2, 0.25) is 0 Å². The molecule has 0 bridgehead atoms. The van der Waals surface area contributed by atoms with E-state index in [0.717, 1.165) is 11.3 Å². The molecule has 2 unspecified atom stereocenters. The quantitative estimate of drug-likeness (QED) is 0.236. The van der Waals surface area contributed by atoms with Gasteiger partial charge in [0.05, 0.1) is 24.6 Å². The highest BCUT2D eigenvalue weighted by molar-refractivity contribution is 6.51. The molecule has 1 N–H and O–H groups in total. The second-order valence-electron chi connectivity index (χ2n) is 9.05. The minimum Gasteiger partial charge on any atom is -0.507 e. The monoisotopic (exact) mass is 498 g/mol. The minimum atomic E-state index is -0.859. The summed E-state index contributed by atoms with van der Waals surface area (Å²) in [6.45, 7) is 4.00. The zero-order chi connectivity index (χ0) is 26.1. The minimum absolute atomic E-state index is 0.00119. The van der Waals surface area contributed by atoms with Crippen LogP contribution in [-0.4, -0.2) is 40.5 Å². The molecule has 2 aromatic carbocycles. The maximum atomic E-state index is 13.3. The molecule has 0 spiro atoms. The SMILES string of the molecule is CCOC(=O)Cc1ccc(N2C(=O)C(=O)/C(=C(\O)c3ccc4c(c3)CC(C)O4)C2c2ccncc2)cc1. The topological polar surface area (TPSA) is 106 Å². The Morgan fingerprint density at radius 1 is 1.11 bits per heavy atom. The summed E-state index contributed by atoms with van der Waals surface area (Å²) in [7, 11) is 0. The number of Topliss-reactive ketones (excluding diaryl/α,β-unsaturated/α-hetero) is 1. The predicted octanol–water partition coefficient (Wildman–Crippen LogP) is 4.14. The van der Waals surface area contributed by atoms with Crippen molar-refractivity contribution in [2.75, 3.05) is 11.5 Å². The van der Waals surface area contributed by atoms with Crippen LogP contribution in [0.3, 0.4) is 0 Å². The number of aromatic nitrogens is 1. The molecule has 8 nitrogen and oxygen atoms in total. The Morgan fingerprint density at radius 2 is 1.84 bits per heavy atom. The van der Waals surface area contributed by atoms with Crippen LogP contribution < -0.4 is 9.64 Å². The van der Waals surface area contributed by atoms with Crippen LogP contribution in [0.25, 0.3) is 5.76 Å². The van der Waals surface area contributed by atoms with E-state index < -0.39 is 17.7 Å². The van der Waals surface area contributed by atoms with Gasteiger partial charge in [0.1, 0.15) is 17.6 Å². The maximum absolute atomic E-state index is 13.3. The molecule has 1 aromatic heterocycles. The van der Waals surface area contributed by atoms with E-state index in [0.29, 0.717) is 35.4 Å². The molecule has 2 atom stereocenters. The number of hydrogen-bond donors (Lipinski definition) is 1. The lowest BCUT2D eigenvalue weighted by molar-refractivity contribution is -0.142. The van der Waals surface area contributed by atoms with Crippen molar-refractivity contribution < 1.29 is 29.0 Å². The van der Waals surface area contributed by atoms with Gasteiger partial charge in [-0.2, -0.15) is 0 Å². The van der Waals surface area contributed by atoms with Crippen molar-refractivity contribution in [3.05, 3.63) is 94.8 Å². The van der Waals surface area contributed by atoms with Gasteiger partial charge < -0.3 is 14.6 Å². The van der Waals surface area contributed by atoms with Gasteiger partial charge in [0.2, 0.25) is 0 Å². The first-order valence-corrected chi connectivity index (χ1v) is 12.1. The van der Waals surface area contributed by atoms with Crippen LogP contribution in [0.4, 0.5) is 5.69 Å². The van der Waals surface area contributed by atoms with Gasteiger partial charge in [-0.25, -0.2) is 0 Å². The van der Waals surface area contributed by atoms with Gasteiger partial charge in [0.15, 0.2) is 0 Å². The average Bonchev–Trinajstić information content (AvgIpc) is 3.40. The van der Waals surface area contributed by atoms with Gasteiger partial charge in [-0.15, -0.1) is 0 Å². The van der Waals surface area contributed by atoms with E-state index >= 15 is 0 Å². The normalized spacial score (nSPS) is 20.0. The molecule has 2 aliphatic heterocycles. The molecular formula is C29H26N2O6. The summed E-state index contributed by atoms with van der Waals surface area (Å²) < 4.78 is 10.8. The second kappa shape index (κ2) is 9.89. The molecule has 1 fully saturated rings. The Bertz CT molecular complexity index is 1400. The molecule has 8 heteroatoms. The number of hydrogen-bond acceptors (Lipinski definition) is 7. The molecule has 1 amide bonds. The summed E-state index contributed by atoms with van der Waals surface area (Å²) >= 11 is 0. The number of esters is 1. The smallest absolute Gasteiger partial charge is 0.310 e. The Kier molecular flexibility index (Phi) is 6.48. The molecule has 3 heterocycles. The van der Waals surface area contributed by atoms with Gasteiger partial charge >= 0.3 is 5.97 Å². The number of ether oxygens (including phenoxy) is 2. The lowest BCUT2D eigenvalue weighted by atomic mass is 9.95. The first kappa shape index (κ1) is 24.2. The number of aliphatic hydroxyl groups is 1. The largest absolute Gasteiger partial charge is 0.507 e. The van der Waals surface area contributed by atoms with Crippen molar-refractivity contribution >= 4 is 29.1 Å². The van der Waals surface area contributed by atoms with E-state index in [4.69, 9.17) is 9.47 Å². The number of ketones is 1. The van der Waals surface area contributed by atoms with Gasteiger partial charge in [-0.3, -0.25) is 24.3 Å². The van der Waals surface area contributed by atoms with Crippen LogP contribution in [-0.2, 0) is 32.0 Å². The summed E-state index contributed by atoms with van der Waals surface area (Å²) in [5, 5.41) is 11.4. The third-order valence-electron chi connectivity index (χ3n) is 6.50. The van der Waals surface area contributed by atoms with Crippen LogP contribution in [0.5, 0.6) is 5.75 Å². The van der Waals surface area contributed by atoms with E-state index in [1.807, 2.05) is 6.92 Å². The fourth-order valence-corrected chi connectivity index (χ4v) is 4.84. The number of carbonyl (C=O) groups excluding carboxylic acids is 3. The van der Waals surface area contributed by atoms with Crippen LogP contribution in [0.1, 0.15) is 42.1 Å². The van der Waals surface area contributed by atoms with E-state index in [1.165, 1.54) is 4.90 Å². The Labute approximate surface area is 214 Å². The zero-order valence-electron chi connectivity index (χ0n) is 20.5. The van der Waals surface area contributed by atoms with Crippen molar-refractivity contribution in [1.29, 1.82) is 0 Å². The highest BCUT2D eigenvalue weighted by atomic mass is 16.5. The van der Waals surface area contributed by atoms with E-state index in [1.54, 1.807) is 73.9 Å². The standard InChI is InChI=1S/C29H26N2O6/c1-3-36-24(32)15-18-4-7-22(8-5-18)31-26(19-10-12-30-13-11-19)25(28(34)29(31)35)27(33)20-6-9-23-21(16-20)14-17(2)37-23/h4-13,16-17,26,33H,3,14-15H2,1-2H3/b27-25-. The Balaban J connectivity index is 1.57. The Morgan fingerprint density at radius 3 is 2.54 bits per heavy atom. The third kappa shape index (κ3) is 4.58. The predicted molar refractivity (Wildman–Crippen MR) is 136 cm³/mol. The fraction of sp³-hybridized carbons (Fsp3) is 0.241. The molecule has 0 radical (unpaired) electrons. The summed E-state index contributed by atoms with van der Waals surface area (Å²) in [4.78, 5) is 44.0. The number of anilines is 1. The number of fused-ring (bicyclic) bond motifs is 1. The molecule has 1 saturated heterocycles. The summed E-state index contributed by atoms with van der Waals surface area (Å²) in [6.07, 6.45) is 3.97. The van der Waals surface area contributed by atoms with Crippen molar-refractivity contribution in [1.82, 2.24) is 4.98 Å². The van der Waals surface area contributed by atoms with E-state index in [9.17, 15) is 19.5 Å². The number of pyridine rings is 1. The van der Waals surface area contributed by atoms with Crippen LogP contribution in [0.15, 0.2) is 72.6 Å². The summed E-state index contributed by atoms with van der Waals surface area (Å²) in [5.41, 5.74) is 3.19. The zero-order valence-corrected chi connectivity index (χ0v) is 20.5. The van der Waals surface area contributed by atoms with Gasteiger partial charge in [-0.1, -0.05) is 12.1 Å². The molecule has 5 rings (SSSR count). The number of carbonyl (C=O) groups is 3. The molecular weight excluding hydrogens is 472 g/mol. The Hall–Kier alpha value is -4.46. The van der Waals surface area contributed by atoms with Crippen LogP contribution in [0, 0.1) is 0 Å². The molecule has 37 heavy (non-hydrogen) atoms. The maximum Gasteiger partial charge on any atom is 0.310 e. The average molecular weight is 499 g/mol. The number of amides is 1. The number of benzene rings is 2. The fourth-order valence-electron chi connectivity index (χ4n) is 4.84.